The van der Waals surface area contributed by atoms with Crippen LogP contribution in [0.3, 0.4) is 0 Å². The van der Waals surface area contributed by atoms with Gasteiger partial charge in [0.25, 0.3) is 0 Å². The highest BCUT2D eigenvalue weighted by atomic mass is 16.5. The molecule has 0 radical (unpaired) electrons. The Balaban J connectivity index is 3.27. The molecule has 5 heteroatoms. The number of ether oxygens (including phenoxy) is 1. The first kappa shape index (κ1) is 25.0. The summed E-state index contributed by atoms with van der Waals surface area (Å²) in [5.41, 5.74) is 1.17. The molecule has 0 saturated heterocycles. The van der Waals surface area contributed by atoms with E-state index < -0.39 is 23.8 Å². The zero-order valence-electron chi connectivity index (χ0n) is 18.6. The van der Waals surface area contributed by atoms with E-state index in [1.807, 2.05) is 27.7 Å². The van der Waals surface area contributed by atoms with Gasteiger partial charge in [0.2, 0.25) is 0 Å². The molecule has 2 unspecified atom stereocenters. The number of aliphatic carboxylic acids is 2. The second kappa shape index (κ2) is 12.5. The van der Waals surface area contributed by atoms with E-state index in [0.29, 0.717) is 36.3 Å². The van der Waals surface area contributed by atoms with Crippen LogP contribution < -0.4 is 4.74 Å². The minimum Gasteiger partial charge on any atom is -0.494 e. The lowest BCUT2D eigenvalue weighted by atomic mass is 9.81. The van der Waals surface area contributed by atoms with Gasteiger partial charge in [-0.25, -0.2) is 0 Å². The van der Waals surface area contributed by atoms with Crippen molar-refractivity contribution in [3.63, 3.8) is 0 Å². The predicted molar refractivity (Wildman–Crippen MR) is 116 cm³/mol. The lowest BCUT2D eigenvalue weighted by Gasteiger charge is -2.24. The van der Waals surface area contributed by atoms with Gasteiger partial charge in [-0.15, -0.1) is 0 Å². The molecule has 0 aromatic heterocycles. The highest BCUT2D eigenvalue weighted by Crippen LogP contribution is 2.36. The number of carboxylic acids is 2. The van der Waals surface area contributed by atoms with Crippen molar-refractivity contribution < 1.29 is 24.5 Å². The summed E-state index contributed by atoms with van der Waals surface area (Å²) in [6, 6.07) is 5.30. The van der Waals surface area contributed by atoms with E-state index in [1.54, 1.807) is 18.2 Å². The van der Waals surface area contributed by atoms with Crippen LogP contribution in [0.2, 0.25) is 0 Å². The Morgan fingerprint density at radius 1 is 0.862 bits per heavy atom. The van der Waals surface area contributed by atoms with Crippen molar-refractivity contribution in [3.05, 3.63) is 29.3 Å². The standard InChI is InChI=1S/C24H38O5/c1-6-7-8-9-12-29-18-10-11-19(21(23(25)26)13-16(2)3)20(15-18)22(24(27)28)14-17(4)5/h10-11,15-17,21-22H,6-9,12-14H2,1-5H3,(H,25,26)(H,27,28). The predicted octanol–water partition coefficient (Wildman–Crippen LogP) is 6.07. The third-order valence-corrected chi connectivity index (χ3v) is 5.09. The molecule has 1 rings (SSSR count). The van der Waals surface area contributed by atoms with Gasteiger partial charge in [-0.2, -0.15) is 0 Å². The van der Waals surface area contributed by atoms with Crippen LogP contribution in [0, 0.1) is 11.8 Å². The number of carbonyl (C=O) groups is 2. The Morgan fingerprint density at radius 2 is 1.41 bits per heavy atom. The number of unbranched alkanes of at least 4 members (excludes halogenated alkanes) is 3. The van der Waals surface area contributed by atoms with Crippen LogP contribution in [-0.2, 0) is 9.59 Å². The van der Waals surface area contributed by atoms with Gasteiger partial charge in [0.15, 0.2) is 0 Å². The molecule has 0 aliphatic carbocycles. The Kier molecular flexibility index (Phi) is 10.8. The summed E-state index contributed by atoms with van der Waals surface area (Å²) in [6.45, 7) is 10.6. The van der Waals surface area contributed by atoms with Crippen molar-refractivity contribution in [1.29, 1.82) is 0 Å². The smallest absolute Gasteiger partial charge is 0.310 e. The minimum absolute atomic E-state index is 0.177. The monoisotopic (exact) mass is 406 g/mol. The molecular weight excluding hydrogens is 368 g/mol. The number of carboxylic acid groups (broad SMARTS) is 2. The van der Waals surface area contributed by atoms with Gasteiger partial charge in [0.05, 0.1) is 18.4 Å². The molecule has 2 atom stereocenters. The molecule has 29 heavy (non-hydrogen) atoms. The molecule has 0 spiro atoms. The summed E-state index contributed by atoms with van der Waals surface area (Å²) in [5.74, 6) is -2.33. The lowest BCUT2D eigenvalue weighted by molar-refractivity contribution is -0.140. The van der Waals surface area contributed by atoms with Gasteiger partial charge < -0.3 is 14.9 Å². The third kappa shape index (κ3) is 8.46. The van der Waals surface area contributed by atoms with Crippen molar-refractivity contribution in [3.8, 4) is 5.75 Å². The fraction of sp³-hybridized carbons (Fsp3) is 0.667. The van der Waals surface area contributed by atoms with E-state index >= 15 is 0 Å². The molecule has 164 valence electrons. The van der Waals surface area contributed by atoms with E-state index in [-0.39, 0.29) is 11.8 Å². The van der Waals surface area contributed by atoms with Gasteiger partial charge in [-0.05, 0) is 54.4 Å². The Morgan fingerprint density at radius 3 is 1.90 bits per heavy atom. The first-order valence-electron chi connectivity index (χ1n) is 10.9. The van der Waals surface area contributed by atoms with Crippen LogP contribution in [0.5, 0.6) is 5.75 Å². The number of rotatable bonds is 14. The minimum atomic E-state index is -0.922. The molecule has 0 bridgehead atoms. The van der Waals surface area contributed by atoms with Gasteiger partial charge in [0, 0.05) is 0 Å². The fourth-order valence-electron chi connectivity index (χ4n) is 3.65. The lowest BCUT2D eigenvalue weighted by Crippen LogP contribution is -2.21. The maximum Gasteiger partial charge on any atom is 0.310 e. The average Bonchev–Trinajstić information content (AvgIpc) is 2.63. The number of hydrogen-bond acceptors (Lipinski definition) is 3. The van der Waals surface area contributed by atoms with E-state index in [1.165, 1.54) is 6.42 Å². The third-order valence-electron chi connectivity index (χ3n) is 5.09. The summed E-state index contributed by atoms with van der Waals surface area (Å²) in [5, 5.41) is 19.7. The van der Waals surface area contributed by atoms with Crippen LogP contribution in [0.25, 0.3) is 0 Å². The second-order valence-corrected chi connectivity index (χ2v) is 8.74. The van der Waals surface area contributed by atoms with E-state index in [4.69, 9.17) is 4.74 Å². The van der Waals surface area contributed by atoms with Crippen LogP contribution >= 0.6 is 0 Å². The first-order chi connectivity index (χ1) is 13.7. The molecule has 0 saturated carbocycles. The SMILES string of the molecule is CCCCCCOc1ccc(C(CC(C)C)C(=O)O)c(C(CC(C)C)C(=O)O)c1. The molecule has 5 nitrogen and oxygen atoms in total. The van der Waals surface area contributed by atoms with Gasteiger partial charge in [0.1, 0.15) is 5.75 Å². The molecule has 0 fully saturated rings. The zero-order chi connectivity index (χ0) is 22.0. The molecule has 0 amide bonds. The van der Waals surface area contributed by atoms with Crippen molar-refractivity contribution in [2.24, 2.45) is 11.8 Å². The van der Waals surface area contributed by atoms with Crippen molar-refractivity contribution >= 4 is 11.9 Å². The summed E-state index contributed by atoms with van der Waals surface area (Å²) < 4.78 is 5.86. The topological polar surface area (TPSA) is 83.8 Å². The first-order valence-corrected chi connectivity index (χ1v) is 10.9. The normalized spacial score (nSPS) is 13.5. The highest BCUT2D eigenvalue weighted by molar-refractivity contribution is 5.81. The van der Waals surface area contributed by atoms with Crippen molar-refractivity contribution in [2.75, 3.05) is 6.61 Å². The summed E-state index contributed by atoms with van der Waals surface area (Å²) in [7, 11) is 0. The largest absolute Gasteiger partial charge is 0.494 e. The molecule has 1 aromatic carbocycles. The quantitative estimate of drug-likeness (QED) is 0.366. The molecule has 1 aromatic rings. The fourth-order valence-corrected chi connectivity index (χ4v) is 3.65. The molecule has 2 N–H and O–H groups in total. The van der Waals surface area contributed by atoms with Gasteiger partial charge in [-0.3, -0.25) is 9.59 Å². The van der Waals surface area contributed by atoms with Crippen LogP contribution in [0.4, 0.5) is 0 Å². The number of benzene rings is 1. The van der Waals surface area contributed by atoms with Gasteiger partial charge >= 0.3 is 11.9 Å². The molecular formula is C24H38O5. The molecule has 0 heterocycles. The Bertz CT molecular complexity index is 651. The maximum absolute atomic E-state index is 12.1. The number of hydrogen-bond donors (Lipinski definition) is 2. The van der Waals surface area contributed by atoms with Crippen LogP contribution in [0.15, 0.2) is 18.2 Å². The van der Waals surface area contributed by atoms with Crippen molar-refractivity contribution in [1.82, 2.24) is 0 Å². The Labute approximate surface area is 175 Å². The summed E-state index contributed by atoms with van der Waals surface area (Å²) >= 11 is 0. The zero-order valence-corrected chi connectivity index (χ0v) is 18.6. The second-order valence-electron chi connectivity index (χ2n) is 8.74. The summed E-state index contributed by atoms with van der Waals surface area (Å²) in [4.78, 5) is 24.0. The van der Waals surface area contributed by atoms with E-state index in [0.717, 1.165) is 19.3 Å². The van der Waals surface area contributed by atoms with Crippen LogP contribution in [0.1, 0.15) is 96.1 Å². The summed E-state index contributed by atoms with van der Waals surface area (Å²) in [6.07, 6.45) is 5.29. The molecule has 0 aliphatic rings. The van der Waals surface area contributed by atoms with Crippen molar-refractivity contribution in [2.45, 2.75) is 85.0 Å². The molecule has 0 aliphatic heterocycles. The maximum atomic E-state index is 12.1. The highest BCUT2D eigenvalue weighted by Gasteiger charge is 2.30. The van der Waals surface area contributed by atoms with E-state index in [9.17, 15) is 19.8 Å². The van der Waals surface area contributed by atoms with Gasteiger partial charge in [-0.1, -0.05) is 59.9 Å². The van der Waals surface area contributed by atoms with Crippen LogP contribution in [-0.4, -0.2) is 28.8 Å². The van der Waals surface area contributed by atoms with E-state index in [2.05, 4.69) is 6.92 Å². The Hall–Kier alpha value is -2.04. The average molecular weight is 407 g/mol.